The molecule has 0 unspecified atom stereocenters. The molecule has 1 aliphatic carbocycles. The minimum atomic E-state index is -0.125. The second kappa shape index (κ2) is 4.80. The smallest absolute Gasteiger partial charge is 0.260 e. The number of nitrogens with zero attached hydrogens (tertiary/aromatic N) is 1. The van der Waals surface area contributed by atoms with Gasteiger partial charge in [-0.05, 0) is 29.0 Å². The van der Waals surface area contributed by atoms with Gasteiger partial charge in [-0.15, -0.1) is 0 Å². The summed E-state index contributed by atoms with van der Waals surface area (Å²) in [6.45, 7) is 0. The molecule has 3 aromatic rings. The maximum atomic E-state index is 12.4. The fraction of sp³-hybridized carbons (Fsp3) is 0. The highest BCUT2D eigenvalue weighted by molar-refractivity contribution is 5.96. The number of hydrogen-bond acceptors (Lipinski definition) is 2. The normalized spacial score (nSPS) is 11.5. The van der Waals surface area contributed by atoms with Gasteiger partial charge in [-0.3, -0.25) is 4.79 Å². The highest BCUT2D eigenvalue weighted by atomic mass is 16.1. The van der Waals surface area contributed by atoms with Crippen LogP contribution in [0.4, 0.5) is 0 Å². The van der Waals surface area contributed by atoms with Gasteiger partial charge < -0.3 is 9.97 Å². The Labute approximate surface area is 137 Å². The van der Waals surface area contributed by atoms with Crippen molar-refractivity contribution in [2.45, 2.75) is 0 Å². The number of hydrogen-bond donors (Lipinski definition) is 2. The Morgan fingerprint density at radius 3 is 2.42 bits per heavy atom. The summed E-state index contributed by atoms with van der Waals surface area (Å²) in [5.74, 6) is 0.600. The monoisotopic (exact) mass is 311 g/mol. The molecule has 2 aliphatic rings. The molecule has 24 heavy (non-hydrogen) atoms. The quantitative estimate of drug-likeness (QED) is 0.488. The van der Waals surface area contributed by atoms with Gasteiger partial charge in [-0.1, -0.05) is 48.5 Å². The van der Waals surface area contributed by atoms with Crippen LogP contribution in [0.25, 0.3) is 44.5 Å². The van der Waals surface area contributed by atoms with Crippen LogP contribution in [-0.2, 0) is 0 Å². The zero-order valence-electron chi connectivity index (χ0n) is 12.7. The van der Waals surface area contributed by atoms with Crippen molar-refractivity contribution in [3.8, 4) is 22.6 Å². The number of fused-ring (bicyclic) bond motifs is 3. The van der Waals surface area contributed by atoms with Crippen molar-refractivity contribution in [2.75, 3.05) is 0 Å². The molecular formula is C20H13N3O. The van der Waals surface area contributed by atoms with E-state index in [2.05, 4.69) is 33.2 Å². The lowest BCUT2D eigenvalue weighted by atomic mass is 10.1. The summed E-state index contributed by atoms with van der Waals surface area (Å²) in [7, 11) is 0. The SMILES string of the molecule is O=c1[nH]c2cccccc-2c1-c1nc2cc3ccccc3cc2[nH]1. The molecule has 1 aromatic heterocycles. The van der Waals surface area contributed by atoms with E-state index >= 15 is 0 Å². The molecule has 0 amide bonds. The largest absolute Gasteiger partial charge is 0.338 e. The first-order valence-corrected chi connectivity index (χ1v) is 7.79. The summed E-state index contributed by atoms with van der Waals surface area (Å²) in [5, 5.41) is 2.28. The van der Waals surface area contributed by atoms with Crippen molar-refractivity contribution in [1.29, 1.82) is 0 Å². The third-order valence-corrected chi connectivity index (χ3v) is 4.37. The molecule has 0 saturated carbocycles. The van der Waals surface area contributed by atoms with Gasteiger partial charge in [0.05, 0.1) is 16.6 Å². The van der Waals surface area contributed by atoms with E-state index < -0.39 is 0 Å². The molecular weight excluding hydrogens is 298 g/mol. The van der Waals surface area contributed by atoms with Gasteiger partial charge in [-0.25, -0.2) is 4.98 Å². The van der Waals surface area contributed by atoms with Gasteiger partial charge >= 0.3 is 0 Å². The Morgan fingerprint density at radius 2 is 1.54 bits per heavy atom. The Bertz CT molecular complexity index is 1180. The van der Waals surface area contributed by atoms with E-state index in [4.69, 9.17) is 0 Å². The van der Waals surface area contributed by atoms with E-state index in [1.165, 1.54) is 0 Å². The summed E-state index contributed by atoms with van der Waals surface area (Å²) < 4.78 is 0. The number of aromatic amines is 2. The number of H-pyrrole nitrogens is 2. The Kier molecular flexibility index (Phi) is 2.61. The summed E-state index contributed by atoms with van der Waals surface area (Å²) in [6, 6.07) is 21.9. The summed E-state index contributed by atoms with van der Waals surface area (Å²) in [6.07, 6.45) is 0. The summed E-state index contributed by atoms with van der Waals surface area (Å²) >= 11 is 0. The van der Waals surface area contributed by atoms with Gasteiger partial charge in [0.1, 0.15) is 5.82 Å². The second-order valence-electron chi connectivity index (χ2n) is 5.87. The first kappa shape index (κ1) is 13.1. The fourth-order valence-corrected chi connectivity index (χ4v) is 3.23. The highest BCUT2D eigenvalue weighted by Crippen LogP contribution is 2.30. The van der Waals surface area contributed by atoms with Gasteiger partial charge in [0.15, 0.2) is 0 Å². The first-order chi connectivity index (χ1) is 11.8. The van der Waals surface area contributed by atoms with Crippen molar-refractivity contribution in [3.63, 3.8) is 0 Å². The lowest BCUT2D eigenvalue weighted by molar-refractivity contribution is 1.29. The van der Waals surface area contributed by atoms with Crippen molar-refractivity contribution < 1.29 is 0 Å². The maximum absolute atomic E-state index is 12.4. The molecule has 2 heterocycles. The van der Waals surface area contributed by atoms with Crippen LogP contribution in [0.2, 0.25) is 0 Å². The van der Waals surface area contributed by atoms with Crippen LogP contribution in [-0.4, -0.2) is 15.0 Å². The van der Waals surface area contributed by atoms with Crippen LogP contribution in [0, 0.1) is 0 Å². The van der Waals surface area contributed by atoms with Crippen LogP contribution in [0.15, 0.2) is 71.5 Å². The summed E-state index contributed by atoms with van der Waals surface area (Å²) in [5.41, 5.74) is 3.93. The Hall–Kier alpha value is -3.40. The Morgan fingerprint density at radius 1 is 0.792 bits per heavy atom. The topological polar surface area (TPSA) is 61.5 Å². The number of rotatable bonds is 1. The van der Waals surface area contributed by atoms with E-state index in [9.17, 15) is 4.79 Å². The van der Waals surface area contributed by atoms with Gasteiger partial charge in [0, 0.05) is 11.3 Å². The molecule has 4 heteroatoms. The minimum Gasteiger partial charge on any atom is -0.338 e. The predicted octanol–water partition coefficient (Wildman–Crippen LogP) is 4.18. The number of nitrogens with one attached hydrogen (secondary N) is 2. The molecule has 5 rings (SSSR count). The van der Waals surface area contributed by atoms with Crippen molar-refractivity contribution in [3.05, 3.63) is 77.1 Å². The number of aromatic nitrogens is 3. The predicted molar refractivity (Wildman–Crippen MR) is 96.3 cm³/mol. The van der Waals surface area contributed by atoms with Gasteiger partial charge in [0.25, 0.3) is 5.56 Å². The highest BCUT2D eigenvalue weighted by Gasteiger charge is 2.18. The van der Waals surface area contributed by atoms with Crippen LogP contribution in [0.1, 0.15) is 0 Å². The molecule has 0 spiro atoms. The average molecular weight is 311 g/mol. The standard InChI is InChI=1S/C20H13N3O/c24-20-18(14-8-2-1-3-9-15(14)23-20)19-21-16-10-12-6-4-5-7-13(12)11-17(16)22-19/h1-11H,(H,21,22)(H,23,24). The number of imidazole rings is 1. The third kappa shape index (κ3) is 1.86. The van der Waals surface area contributed by atoms with Crippen molar-refractivity contribution in [2.24, 2.45) is 0 Å². The van der Waals surface area contributed by atoms with Crippen molar-refractivity contribution in [1.82, 2.24) is 15.0 Å². The van der Waals surface area contributed by atoms with E-state index in [0.717, 1.165) is 33.1 Å². The number of benzene rings is 2. The first-order valence-electron chi connectivity index (χ1n) is 7.79. The second-order valence-corrected chi connectivity index (χ2v) is 5.87. The van der Waals surface area contributed by atoms with Gasteiger partial charge in [-0.2, -0.15) is 0 Å². The van der Waals surface area contributed by atoms with Crippen molar-refractivity contribution >= 4 is 21.8 Å². The lowest BCUT2D eigenvalue weighted by Gasteiger charge is -1.95. The van der Waals surface area contributed by atoms with Crippen LogP contribution in [0.3, 0.4) is 0 Å². The third-order valence-electron chi connectivity index (χ3n) is 4.37. The molecule has 4 nitrogen and oxygen atoms in total. The van der Waals surface area contributed by atoms with E-state index in [0.29, 0.717) is 11.4 Å². The lowest BCUT2D eigenvalue weighted by Crippen LogP contribution is -2.01. The minimum absolute atomic E-state index is 0.125. The average Bonchev–Trinajstić information content (AvgIpc) is 3.04. The molecule has 1 aliphatic heterocycles. The molecule has 0 fully saturated rings. The zero-order valence-corrected chi connectivity index (χ0v) is 12.7. The molecule has 2 aromatic carbocycles. The maximum Gasteiger partial charge on any atom is 0.260 e. The van der Waals surface area contributed by atoms with E-state index in [1.54, 1.807) is 0 Å². The van der Waals surface area contributed by atoms with Gasteiger partial charge in [0.2, 0.25) is 0 Å². The van der Waals surface area contributed by atoms with E-state index in [1.807, 2.05) is 48.5 Å². The van der Waals surface area contributed by atoms with E-state index in [-0.39, 0.29) is 5.56 Å². The molecule has 0 saturated heterocycles. The molecule has 114 valence electrons. The molecule has 0 atom stereocenters. The zero-order chi connectivity index (χ0) is 16.1. The Balaban J connectivity index is 1.80. The van der Waals surface area contributed by atoms with Crippen LogP contribution >= 0.6 is 0 Å². The molecule has 2 N–H and O–H groups in total. The van der Waals surface area contributed by atoms with Crippen LogP contribution in [0.5, 0.6) is 0 Å². The molecule has 0 bridgehead atoms. The fourth-order valence-electron chi connectivity index (χ4n) is 3.23. The molecule has 0 radical (unpaired) electrons. The summed E-state index contributed by atoms with van der Waals surface area (Å²) in [4.78, 5) is 23.3. The van der Waals surface area contributed by atoms with Crippen LogP contribution < -0.4 is 5.56 Å².